The van der Waals surface area contributed by atoms with Crippen molar-refractivity contribution in [3.05, 3.63) is 30.1 Å². The van der Waals surface area contributed by atoms with E-state index in [2.05, 4.69) is 10.1 Å². The van der Waals surface area contributed by atoms with Crippen LogP contribution < -0.4 is 0 Å². The Hall–Kier alpha value is -1.40. The van der Waals surface area contributed by atoms with Gasteiger partial charge < -0.3 is 4.52 Å². The Morgan fingerprint density at radius 3 is 2.67 bits per heavy atom. The normalized spacial score (nSPS) is 13.5. The first kappa shape index (κ1) is 13.0. The summed E-state index contributed by atoms with van der Waals surface area (Å²) < 4.78 is 27.9. The van der Waals surface area contributed by atoms with Crippen LogP contribution in [-0.2, 0) is 9.84 Å². The molecule has 0 bridgehead atoms. The van der Waals surface area contributed by atoms with E-state index in [4.69, 9.17) is 16.1 Å². The lowest BCUT2D eigenvalue weighted by Crippen LogP contribution is -1.96. The molecule has 1 aromatic carbocycles. The fraction of sp³-hybridized carbons (Fsp3) is 0.273. The van der Waals surface area contributed by atoms with Crippen LogP contribution >= 0.6 is 11.6 Å². The smallest absolute Gasteiger partial charge is 0.258 e. The van der Waals surface area contributed by atoms with Crippen LogP contribution in [0.5, 0.6) is 0 Å². The van der Waals surface area contributed by atoms with Crippen LogP contribution in [0, 0.1) is 0 Å². The minimum atomic E-state index is -3.26. The summed E-state index contributed by atoms with van der Waals surface area (Å²) in [6.45, 7) is 1.73. The number of hydrogen-bond acceptors (Lipinski definition) is 5. The summed E-state index contributed by atoms with van der Waals surface area (Å²) in [5.41, 5.74) is 0.550. The first-order valence-corrected chi connectivity index (χ1v) is 7.49. The Bertz CT molecular complexity index is 664. The van der Waals surface area contributed by atoms with Gasteiger partial charge in [-0.3, -0.25) is 0 Å². The molecule has 0 fully saturated rings. The summed E-state index contributed by atoms with van der Waals surface area (Å²) in [6, 6.07) is 6.33. The average molecular weight is 287 g/mol. The van der Waals surface area contributed by atoms with E-state index >= 15 is 0 Å². The highest BCUT2D eigenvalue weighted by Gasteiger charge is 2.14. The van der Waals surface area contributed by atoms with Crippen molar-refractivity contribution in [1.82, 2.24) is 10.1 Å². The monoisotopic (exact) mass is 286 g/mol. The van der Waals surface area contributed by atoms with Gasteiger partial charge in [0.15, 0.2) is 15.7 Å². The molecule has 0 amide bonds. The molecule has 0 saturated carbocycles. The second-order valence-electron chi connectivity index (χ2n) is 3.87. The highest BCUT2D eigenvalue weighted by molar-refractivity contribution is 7.90. The lowest BCUT2D eigenvalue weighted by atomic mass is 10.2. The van der Waals surface area contributed by atoms with E-state index in [0.29, 0.717) is 11.4 Å². The molecular weight excluding hydrogens is 276 g/mol. The summed E-state index contributed by atoms with van der Waals surface area (Å²) in [5.74, 6) is 0.624. The Kier molecular flexibility index (Phi) is 3.41. The van der Waals surface area contributed by atoms with Gasteiger partial charge in [-0.15, -0.1) is 11.6 Å². The van der Waals surface area contributed by atoms with Gasteiger partial charge >= 0.3 is 0 Å². The molecule has 0 radical (unpaired) electrons. The molecule has 7 heteroatoms. The molecule has 0 aliphatic carbocycles. The fourth-order valence-electron chi connectivity index (χ4n) is 1.37. The predicted molar refractivity (Wildman–Crippen MR) is 67.1 cm³/mol. The number of halogens is 1. The van der Waals surface area contributed by atoms with Crippen LogP contribution in [0.3, 0.4) is 0 Å². The van der Waals surface area contributed by atoms with Crippen molar-refractivity contribution in [2.45, 2.75) is 17.2 Å². The molecule has 96 valence electrons. The van der Waals surface area contributed by atoms with Gasteiger partial charge in [-0.05, 0) is 25.1 Å². The molecule has 0 saturated heterocycles. The zero-order valence-corrected chi connectivity index (χ0v) is 11.4. The van der Waals surface area contributed by atoms with Gasteiger partial charge in [0, 0.05) is 11.8 Å². The molecule has 1 heterocycles. The third kappa shape index (κ3) is 2.70. The molecule has 5 nitrogen and oxygen atoms in total. The van der Waals surface area contributed by atoms with E-state index in [0.717, 1.165) is 6.26 Å². The van der Waals surface area contributed by atoms with Crippen LogP contribution in [0.2, 0.25) is 0 Å². The van der Waals surface area contributed by atoms with Gasteiger partial charge in [0.25, 0.3) is 5.89 Å². The van der Waals surface area contributed by atoms with Gasteiger partial charge in [0.05, 0.1) is 10.3 Å². The lowest BCUT2D eigenvalue weighted by molar-refractivity contribution is 0.422. The molecule has 2 aromatic rings. The molecule has 0 aliphatic rings. The van der Waals surface area contributed by atoms with Crippen LogP contribution in [-0.4, -0.2) is 24.8 Å². The predicted octanol–water partition coefficient (Wildman–Crippen LogP) is 2.44. The van der Waals surface area contributed by atoms with Crippen molar-refractivity contribution >= 4 is 21.4 Å². The standard InChI is InChI=1S/C11H11ClN2O3S/c1-7(12)10-13-11(17-14-10)8-4-3-5-9(6-8)18(2,15)16/h3-7H,1-2H3. The van der Waals surface area contributed by atoms with Crippen molar-refractivity contribution in [3.63, 3.8) is 0 Å². The van der Waals surface area contributed by atoms with E-state index in [1.807, 2.05) is 0 Å². The lowest BCUT2D eigenvalue weighted by Gasteiger charge is -1.99. The number of sulfone groups is 1. The Morgan fingerprint density at radius 2 is 2.11 bits per heavy atom. The zero-order chi connectivity index (χ0) is 13.3. The highest BCUT2D eigenvalue weighted by atomic mass is 35.5. The maximum absolute atomic E-state index is 11.4. The SMILES string of the molecule is CC(Cl)c1noc(-c2cccc(S(C)(=O)=O)c2)n1. The zero-order valence-electron chi connectivity index (χ0n) is 9.79. The summed E-state index contributed by atoms with van der Waals surface area (Å²) in [7, 11) is -3.26. The summed E-state index contributed by atoms with van der Waals surface area (Å²) >= 11 is 5.83. The van der Waals surface area contributed by atoms with Crippen LogP contribution in [0.4, 0.5) is 0 Å². The van der Waals surface area contributed by atoms with Gasteiger partial charge in [0.1, 0.15) is 0 Å². The molecule has 0 spiro atoms. The van der Waals surface area contributed by atoms with Crippen molar-refractivity contribution in [3.8, 4) is 11.5 Å². The Balaban J connectivity index is 2.45. The number of rotatable bonds is 3. The van der Waals surface area contributed by atoms with Crippen LogP contribution in [0.1, 0.15) is 18.1 Å². The molecule has 1 atom stereocenters. The quantitative estimate of drug-likeness (QED) is 0.810. The second-order valence-corrected chi connectivity index (χ2v) is 6.54. The van der Waals surface area contributed by atoms with Crippen molar-refractivity contribution < 1.29 is 12.9 Å². The fourth-order valence-corrected chi connectivity index (χ4v) is 2.13. The molecule has 2 rings (SSSR count). The number of hydrogen-bond donors (Lipinski definition) is 0. The highest BCUT2D eigenvalue weighted by Crippen LogP contribution is 2.23. The summed E-state index contributed by atoms with van der Waals surface area (Å²) in [6.07, 6.45) is 1.15. The van der Waals surface area contributed by atoms with E-state index in [9.17, 15) is 8.42 Å². The third-order valence-corrected chi connectivity index (χ3v) is 3.61. The third-order valence-electron chi connectivity index (χ3n) is 2.31. The molecule has 0 N–H and O–H groups in total. The van der Waals surface area contributed by atoms with E-state index in [1.165, 1.54) is 12.1 Å². The van der Waals surface area contributed by atoms with Crippen molar-refractivity contribution in [1.29, 1.82) is 0 Å². The number of alkyl halides is 1. The first-order valence-electron chi connectivity index (χ1n) is 5.16. The van der Waals surface area contributed by atoms with E-state index in [1.54, 1.807) is 19.1 Å². The molecule has 1 unspecified atom stereocenters. The minimum Gasteiger partial charge on any atom is -0.334 e. The Labute approximate surface area is 110 Å². The maximum Gasteiger partial charge on any atom is 0.258 e. The van der Waals surface area contributed by atoms with Gasteiger partial charge in [0.2, 0.25) is 0 Å². The van der Waals surface area contributed by atoms with Crippen molar-refractivity contribution in [2.24, 2.45) is 0 Å². The summed E-state index contributed by atoms with van der Waals surface area (Å²) in [5, 5.41) is 3.36. The Morgan fingerprint density at radius 1 is 1.39 bits per heavy atom. The maximum atomic E-state index is 11.4. The van der Waals surface area contributed by atoms with Gasteiger partial charge in [-0.2, -0.15) is 4.98 Å². The van der Waals surface area contributed by atoms with Gasteiger partial charge in [-0.1, -0.05) is 11.2 Å². The molecule has 1 aromatic heterocycles. The largest absolute Gasteiger partial charge is 0.334 e. The van der Waals surface area contributed by atoms with Crippen LogP contribution in [0.25, 0.3) is 11.5 Å². The van der Waals surface area contributed by atoms with Crippen LogP contribution in [0.15, 0.2) is 33.7 Å². The summed E-state index contributed by atoms with van der Waals surface area (Å²) in [4.78, 5) is 4.31. The second kappa shape index (κ2) is 4.70. The first-order chi connectivity index (χ1) is 8.38. The van der Waals surface area contributed by atoms with Gasteiger partial charge in [-0.25, -0.2) is 8.42 Å². The topological polar surface area (TPSA) is 73.1 Å². The molecule has 18 heavy (non-hydrogen) atoms. The number of benzene rings is 1. The number of aromatic nitrogens is 2. The average Bonchev–Trinajstić information content (AvgIpc) is 2.77. The molecular formula is C11H11ClN2O3S. The van der Waals surface area contributed by atoms with E-state index in [-0.39, 0.29) is 16.2 Å². The molecule has 0 aliphatic heterocycles. The number of nitrogens with zero attached hydrogens (tertiary/aromatic N) is 2. The van der Waals surface area contributed by atoms with E-state index < -0.39 is 9.84 Å². The van der Waals surface area contributed by atoms with Crippen molar-refractivity contribution in [2.75, 3.05) is 6.26 Å². The minimum absolute atomic E-state index is 0.207.